The van der Waals surface area contributed by atoms with Gasteiger partial charge in [-0.2, -0.15) is 0 Å². The molecule has 6 nitrogen and oxygen atoms in total. The monoisotopic (exact) mass is 146 g/mol. The maximum absolute atomic E-state index is 10.0. The van der Waals surface area contributed by atoms with Gasteiger partial charge in [-0.15, -0.1) is 0 Å². The van der Waals surface area contributed by atoms with E-state index >= 15 is 0 Å². The number of rotatable bonds is 2. The van der Waals surface area contributed by atoms with Gasteiger partial charge in [0.1, 0.15) is 0 Å². The Kier molecular flexibility index (Phi) is 3.47. The Balaban J connectivity index is 3.81. The van der Waals surface area contributed by atoms with E-state index in [1.165, 1.54) is 0 Å². The number of ether oxygens (including phenoxy) is 2. The van der Waals surface area contributed by atoms with Crippen molar-refractivity contribution in [1.29, 1.82) is 0 Å². The molecular weight excluding hydrogens is 144 g/mol. The summed E-state index contributed by atoms with van der Waals surface area (Å²) in [7, 11) is 0. The summed E-state index contributed by atoms with van der Waals surface area (Å²) in [6.45, 7) is -0.483. The van der Waals surface area contributed by atoms with Crippen LogP contribution in [0.2, 0.25) is 0 Å². The van der Waals surface area contributed by atoms with Crippen LogP contribution in [0.25, 0.3) is 0 Å². The average Bonchev–Trinajstić information content (AvgIpc) is 1.89. The molecular formula is C4H2O6. The van der Waals surface area contributed by atoms with E-state index in [2.05, 4.69) is 9.47 Å². The Morgan fingerprint density at radius 2 is 1.20 bits per heavy atom. The SMILES string of the molecule is O=COC(=O)C(=O)OC=O. The molecule has 0 N–H and O–H groups in total. The fourth-order valence-electron chi connectivity index (χ4n) is 0.184. The van der Waals surface area contributed by atoms with Crippen LogP contribution in [0.5, 0.6) is 0 Å². The second kappa shape index (κ2) is 4.19. The first-order valence-electron chi connectivity index (χ1n) is 2.01. The van der Waals surface area contributed by atoms with Gasteiger partial charge in [-0.1, -0.05) is 0 Å². The summed E-state index contributed by atoms with van der Waals surface area (Å²) in [6, 6.07) is 0. The van der Waals surface area contributed by atoms with Crippen molar-refractivity contribution in [2.24, 2.45) is 0 Å². The summed E-state index contributed by atoms with van der Waals surface area (Å²) in [5.74, 6) is -3.05. The minimum Gasteiger partial charge on any atom is -0.387 e. The first-order valence-corrected chi connectivity index (χ1v) is 2.01. The van der Waals surface area contributed by atoms with Gasteiger partial charge in [-0.25, -0.2) is 9.59 Å². The molecule has 6 heteroatoms. The normalized spacial score (nSPS) is 7.60. The summed E-state index contributed by atoms with van der Waals surface area (Å²) in [5.41, 5.74) is 0. The Morgan fingerprint density at radius 3 is 1.40 bits per heavy atom. The lowest BCUT2D eigenvalue weighted by Gasteiger charge is -1.90. The van der Waals surface area contributed by atoms with Gasteiger partial charge in [0, 0.05) is 0 Å². The minimum atomic E-state index is -1.53. The average molecular weight is 146 g/mol. The number of esters is 2. The van der Waals surface area contributed by atoms with Gasteiger partial charge in [0.15, 0.2) is 0 Å². The summed E-state index contributed by atoms with van der Waals surface area (Å²) < 4.78 is 7.01. The fraction of sp³-hybridized carbons (Fsp3) is 0. The maximum atomic E-state index is 10.0. The highest BCUT2D eigenvalue weighted by molar-refractivity contribution is 6.31. The van der Waals surface area contributed by atoms with Crippen LogP contribution in [0.1, 0.15) is 0 Å². The summed E-state index contributed by atoms with van der Waals surface area (Å²) in [6.07, 6.45) is 0. The Labute approximate surface area is 54.7 Å². The van der Waals surface area contributed by atoms with Crippen molar-refractivity contribution in [2.45, 2.75) is 0 Å². The zero-order valence-corrected chi connectivity index (χ0v) is 4.60. The molecule has 0 saturated heterocycles. The van der Waals surface area contributed by atoms with Crippen LogP contribution in [0.15, 0.2) is 0 Å². The number of carbonyl (C=O) groups excluding carboxylic acids is 4. The van der Waals surface area contributed by atoms with E-state index in [9.17, 15) is 19.2 Å². The molecule has 0 spiro atoms. The molecule has 0 radical (unpaired) electrons. The molecule has 0 aromatic carbocycles. The zero-order chi connectivity index (χ0) is 7.98. The van der Waals surface area contributed by atoms with Crippen LogP contribution in [-0.4, -0.2) is 24.9 Å². The highest BCUT2D eigenvalue weighted by Gasteiger charge is 2.16. The smallest absolute Gasteiger partial charge is 0.387 e. The van der Waals surface area contributed by atoms with Crippen molar-refractivity contribution >= 4 is 24.9 Å². The van der Waals surface area contributed by atoms with E-state index in [0.717, 1.165) is 0 Å². The molecule has 0 aromatic rings. The van der Waals surface area contributed by atoms with Crippen molar-refractivity contribution in [2.75, 3.05) is 0 Å². The van der Waals surface area contributed by atoms with Crippen LogP contribution in [0, 0.1) is 0 Å². The number of hydrogen-bond acceptors (Lipinski definition) is 6. The van der Waals surface area contributed by atoms with Gasteiger partial charge in [0.25, 0.3) is 0 Å². The Morgan fingerprint density at radius 1 is 0.900 bits per heavy atom. The first kappa shape index (κ1) is 8.28. The molecule has 0 rings (SSSR count). The summed E-state index contributed by atoms with van der Waals surface area (Å²) in [4.78, 5) is 38.9. The lowest BCUT2D eigenvalue weighted by molar-refractivity contribution is -0.170. The lowest BCUT2D eigenvalue weighted by atomic mass is 10.7. The quantitative estimate of drug-likeness (QED) is 0.201. The molecule has 0 aliphatic heterocycles. The van der Waals surface area contributed by atoms with E-state index in [1.807, 2.05) is 0 Å². The Hall–Kier alpha value is -1.72. The van der Waals surface area contributed by atoms with E-state index in [1.54, 1.807) is 0 Å². The Bertz CT molecular complexity index is 151. The van der Waals surface area contributed by atoms with Gasteiger partial charge >= 0.3 is 24.9 Å². The van der Waals surface area contributed by atoms with Gasteiger partial charge in [0.05, 0.1) is 0 Å². The van der Waals surface area contributed by atoms with Crippen LogP contribution in [0.4, 0.5) is 0 Å². The highest BCUT2D eigenvalue weighted by Crippen LogP contribution is 1.77. The molecule has 0 amide bonds. The molecule has 0 aromatic heterocycles. The van der Waals surface area contributed by atoms with E-state index in [4.69, 9.17) is 0 Å². The summed E-state index contributed by atoms with van der Waals surface area (Å²) >= 11 is 0. The third kappa shape index (κ3) is 2.55. The molecule has 0 saturated carbocycles. The van der Waals surface area contributed by atoms with Crippen LogP contribution < -0.4 is 0 Å². The van der Waals surface area contributed by atoms with Crippen LogP contribution >= 0.6 is 0 Å². The second-order valence-electron chi connectivity index (χ2n) is 1.00. The highest BCUT2D eigenvalue weighted by atomic mass is 16.6. The fourth-order valence-corrected chi connectivity index (χ4v) is 0.184. The van der Waals surface area contributed by atoms with Crippen molar-refractivity contribution in [3.8, 4) is 0 Å². The second-order valence-corrected chi connectivity index (χ2v) is 1.00. The third-order valence-electron chi connectivity index (χ3n) is 0.477. The van der Waals surface area contributed by atoms with Gasteiger partial charge < -0.3 is 9.47 Å². The minimum absolute atomic E-state index is 0.242. The zero-order valence-electron chi connectivity index (χ0n) is 4.60. The molecule has 10 heavy (non-hydrogen) atoms. The van der Waals surface area contributed by atoms with Gasteiger partial charge in [-0.3, -0.25) is 9.59 Å². The predicted molar refractivity (Wildman–Crippen MR) is 24.3 cm³/mol. The molecule has 54 valence electrons. The van der Waals surface area contributed by atoms with Crippen molar-refractivity contribution in [1.82, 2.24) is 0 Å². The topological polar surface area (TPSA) is 86.7 Å². The van der Waals surface area contributed by atoms with Crippen molar-refractivity contribution in [3.05, 3.63) is 0 Å². The number of hydrogen-bond donors (Lipinski definition) is 0. The van der Waals surface area contributed by atoms with Gasteiger partial charge in [0.2, 0.25) is 0 Å². The van der Waals surface area contributed by atoms with Crippen molar-refractivity contribution in [3.63, 3.8) is 0 Å². The molecule has 0 atom stereocenters. The van der Waals surface area contributed by atoms with Crippen molar-refractivity contribution < 1.29 is 28.7 Å². The molecule has 0 aliphatic carbocycles. The molecule has 0 fully saturated rings. The third-order valence-corrected chi connectivity index (χ3v) is 0.477. The largest absolute Gasteiger partial charge is 0.425 e. The first-order chi connectivity index (χ1) is 4.72. The molecule has 0 unspecified atom stereocenters. The molecule has 0 bridgehead atoms. The molecule has 0 heterocycles. The lowest BCUT2D eigenvalue weighted by Crippen LogP contribution is -2.18. The van der Waals surface area contributed by atoms with E-state index in [-0.39, 0.29) is 12.9 Å². The standard InChI is InChI=1S/C4H2O6/c5-1-9-3(7)4(8)10-2-6/h1-2H. The predicted octanol–water partition coefficient (Wildman–Crippen LogP) is -1.61. The van der Waals surface area contributed by atoms with Crippen LogP contribution in [-0.2, 0) is 28.7 Å². The number of carbonyl (C=O) groups is 4. The maximum Gasteiger partial charge on any atom is 0.425 e. The molecule has 0 aliphatic rings. The summed E-state index contributed by atoms with van der Waals surface area (Å²) in [5, 5.41) is 0. The van der Waals surface area contributed by atoms with E-state index in [0.29, 0.717) is 0 Å². The van der Waals surface area contributed by atoms with Gasteiger partial charge in [-0.05, 0) is 0 Å². The van der Waals surface area contributed by atoms with E-state index < -0.39 is 11.9 Å². The van der Waals surface area contributed by atoms with Crippen LogP contribution in [0.3, 0.4) is 0 Å².